The highest BCUT2D eigenvalue weighted by Gasteiger charge is 2.13. The van der Waals surface area contributed by atoms with Gasteiger partial charge in [0, 0.05) is 6.42 Å². The summed E-state index contributed by atoms with van der Waals surface area (Å²) >= 11 is 0. The van der Waals surface area contributed by atoms with Gasteiger partial charge in [0.15, 0.2) is 0 Å². The van der Waals surface area contributed by atoms with Crippen molar-refractivity contribution in [1.29, 1.82) is 0 Å². The number of ether oxygens (including phenoxy) is 2. The van der Waals surface area contributed by atoms with E-state index in [9.17, 15) is 24.5 Å². The van der Waals surface area contributed by atoms with Crippen LogP contribution in [0.2, 0.25) is 0 Å². The van der Waals surface area contributed by atoms with Gasteiger partial charge >= 0.3 is 5.97 Å². The maximum absolute atomic E-state index is 12.9. The predicted octanol–water partition coefficient (Wildman–Crippen LogP) is 3.36. The minimum atomic E-state index is -1.06. The van der Waals surface area contributed by atoms with Gasteiger partial charge in [-0.1, -0.05) is 42.5 Å². The van der Waals surface area contributed by atoms with Crippen LogP contribution in [-0.2, 0) is 9.53 Å². The van der Waals surface area contributed by atoms with E-state index in [-0.39, 0.29) is 31.2 Å². The number of rotatable bonds is 12. The van der Waals surface area contributed by atoms with Gasteiger partial charge in [-0.3, -0.25) is 4.79 Å². The number of carbonyl (C=O) groups is 1. The topological polar surface area (TPSA) is 96.2 Å². The van der Waals surface area contributed by atoms with Crippen LogP contribution in [0.1, 0.15) is 30.4 Å². The second kappa shape index (κ2) is 13.4. The van der Waals surface area contributed by atoms with E-state index in [2.05, 4.69) is 4.74 Å². The van der Waals surface area contributed by atoms with Crippen LogP contribution < -0.4 is 4.74 Å². The number of hydrogen-bond acceptors (Lipinski definition) is 6. The Bertz CT molecular complexity index is 894. The Labute approximate surface area is 187 Å². The highest BCUT2D eigenvalue weighted by atomic mass is 19.1. The molecular formula is C25H29FO6. The second-order valence-electron chi connectivity index (χ2n) is 7.25. The number of methoxy groups -OCH3 is 1. The fraction of sp³-hybridized carbons (Fsp3) is 0.320. The fourth-order valence-corrected chi connectivity index (χ4v) is 2.82. The molecule has 0 aliphatic heterocycles. The normalized spacial score (nSPS) is 14.4. The molecule has 0 aliphatic carbocycles. The molecule has 6 nitrogen and oxygen atoms in total. The Morgan fingerprint density at radius 3 is 2.34 bits per heavy atom. The van der Waals surface area contributed by atoms with Gasteiger partial charge in [-0.2, -0.15) is 0 Å². The molecule has 0 saturated heterocycles. The van der Waals surface area contributed by atoms with E-state index in [0.717, 1.165) is 11.1 Å². The van der Waals surface area contributed by atoms with E-state index in [1.165, 1.54) is 37.5 Å². The fourth-order valence-electron chi connectivity index (χ4n) is 2.82. The average molecular weight is 444 g/mol. The van der Waals surface area contributed by atoms with Crippen molar-refractivity contribution in [3.8, 4) is 5.75 Å². The quantitative estimate of drug-likeness (QED) is 0.435. The van der Waals surface area contributed by atoms with Gasteiger partial charge in [-0.15, -0.1) is 0 Å². The largest absolute Gasteiger partial charge is 0.491 e. The molecule has 0 aromatic heterocycles. The Kier molecular flexibility index (Phi) is 10.6. The number of aliphatic hydroxyl groups is 3. The summed E-state index contributed by atoms with van der Waals surface area (Å²) in [5, 5.41) is 30.1. The molecule has 2 aromatic rings. The molecule has 7 heteroatoms. The van der Waals surface area contributed by atoms with Crippen molar-refractivity contribution < 1.29 is 34.0 Å². The van der Waals surface area contributed by atoms with Crippen LogP contribution in [0.5, 0.6) is 5.75 Å². The standard InChI is InChI=1S/C25H29FO6/c1-31-25(30)7-3-6-23(28)24(29)15-9-19-5-2-4-18(16-19)8-12-21(27)17-32-22-13-10-20(26)11-14-22/h2,4-5,8-16,21,23-24,27-29H,3,6-7,17H2,1H3/t21-,23-,24+/m0/s1. The SMILES string of the molecule is COC(=O)CCC[C@H](O)[C@H](O)C=Cc1cccc(C=C[C@H](O)COc2ccc(F)cc2)c1. The molecule has 0 saturated carbocycles. The van der Waals surface area contributed by atoms with Gasteiger partial charge in [0.25, 0.3) is 0 Å². The predicted molar refractivity (Wildman–Crippen MR) is 120 cm³/mol. The molecule has 0 aliphatic rings. The van der Waals surface area contributed by atoms with E-state index >= 15 is 0 Å². The Balaban J connectivity index is 1.83. The summed E-state index contributed by atoms with van der Waals surface area (Å²) in [5.74, 6) is -0.233. The Morgan fingerprint density at radius 1 is 1.03 bits per heavy atom. The van der Waals surface area contributed by atoms with Gasteiger partial charge in [-0.05, 0) is 54.3 Å². The lowest BCUT2D eigenvalue weighted by molar-refractivity contribution is -0.140. The first-order valence-corrected chi connectivity index (χ1v) is 10.3. The average Bonchev–Trinajstić information content (AvgIpc) is 2.80. The summed E-state index contributed by atoms with van der Waals surface area (Å²) in [6, 6.07) is 13.0. The third-order valence-corrected chi connectivity index (χ3v) is 4.64. The third kappa shape index (κ3) is 9.43. The van der Waals surface area contributed by atoms with Gasteiger partial charge in [-0.25, -0.2) is 4.39 Å². The molecule has 0 unspecified atom stereocenters. The second-order valence-corrected chi connectivity index (χ2v) is 7.25. The molecule has 0 fully saturated rings. The lowest BCUT2D eigenvalue weighted by atomic mass is 10.0. The number of halogens is 1. The minimum Gasteiger partial charge on any atom is -0.491 e. The van der Waals surface area contributed by atoms with Gasteiger partial charge in [0.05, 0.1) is 19.3 Å². The molecule has 3 atom stereocenters. The molecule has 0 heterocycles. The number of esters is 1. The Hall–Kier alpha value is -3.00. The molecule has 3 N–H and O–H groups in total. The van der Waals surface area contributed by atoms with E-state index in [0.29, 0.717) is 12.2 Å². The molecule has 2 aromatic carbocycles. The molecule has 0 amide bonds. The number of hydrogen-bond donors (Lipinski definition) is 3. The molecule has 0 spiro atoms. The zero-order chi connectivity index (χ0) is 23.3. The zero-order valence-electron chi connectivity index (χ0n) is 17.9. The zero-order valence-corrected chi connectivity index (χ0v) is 17.9. The highest BCUT2D eigenvalue weighted by molar-refractivity contribution is 5.69. The van der Waals surface area contributed by atoms with Crippen LogP contribution in [0.3, 0.4) is 0 Å². The highest BCUT2D eigenvalue weighted by Crippen LogP contribution is 2.14. The summed E-state index contributed by atoms with van der Waals surface area (Å²) in [4.78, 5) is 11.1. The molecule has 2 rings (SSSR count). The third-order valence-electron chi connectivity index (χ3n) is 4.64. The van der Waals surface area contributed by atoms with Crippen molar-refractivity contribution in [2.45, 2.75) is 37.6 Å². The summed E-state index contributed by atoms with van der Waals surface area (Å²) in [7, 11) is 1.31. The first-order chi connectivity index (χ1) is 15.4. The molecule has 172 valence electrons. The van der Waals surface area contributed by atoms with Crippen LogP contribution in [-0.4, -0.2) is 53.3 Å². The van der Waals surface area contributed by atoms with Crippen LogP contribution in [0, 0.1) is 5.82 Å². The summed E-state index contributed by atoms with van der Waals surface area (Å²) < 4.78 is 22.8. The van der Waals surface area contributed by atoms with Crippen molar-refractivity contribution >= 4 is 18.1 Å². The van der Waals surface area contributed by atoms with E-state index in [1.54, 1.807) is 18.2 Å². The maximum atomic E-state index is 12.9. The smallest absolute Gasteiger partial charge is 0.305 e. The lowest BCUT2D eigenvalue weighted by Gasteiger charge is -2.14. The maximum Gasteiger partial charge on any atom is 0.305 e. The van der Waals surface area contributed by atoms with Crippen molar-refractivity contribution in [1.82, 2.24) is 0 Å². The molecule has 0 bridgehead atoms. The van der Waals surface area contributed by atoms with E-state index in [1.807, 2.05) is 24.3 Å². The number of carbonyl (C=O) groups excluding carboxylic acids is 1. The van der Waals surface area contributed by atoms with Gasteiger partial charge in [0.2, 0.25) is 0 Å². The lowest BCUT2D eigenvalue weighted by Crippen LogP contribution is -2.23. The van der Waals surface area contributed by atoms with E-state index in [4.69, 9.17) is 4.74 Å². The van der Waals surface area contributed by atoms with Crippen molar-refractivity contribution in [2.24, 2.45) is 0 Å². The van der Waals surface area contributed by atoms with Gasteiger partial charge in [0.1, 0.15) is 24.3 Å². The van der Waals surface area contributed by atoms with Gasteiger partial charge < -0.3 is 24.8 Å². The molecular weight excluding hydrogens is 415 g/mol. The van der Waals surface area contributed by atoms with Crippen molar-refractivity contribution in [3.05, 3.63) is 77.6 Å². The van der Waals surface area contributed by atoms with Crippen molar-refractivity contribution in [3.63, 3.8) is 0 Å². The van der Waals surface area contributed by atoms with Crippen LogP contribution >= 0.6 is 0 Å². The van der Waals surface area contributed by atoms with Crippen LogP contribution in [0.15, 0.2) is 60.7 Å². The van der Waals surface area contributed by atoms with Crippen LogP contribution in [0.4, 0.5) is 4.39 Å². The molecule has 32 heavy (non-hydrogen) atoms. The summed E-state index contributed by atoms with van der Waals surface area (Å²) in [6.45, 7) is 0.0295. The summed E-state index contributed by atoms with van der Waals surface area (Å²) in [5.41, 5.74) is 1.64. The minimum absolute atomic E-state index is 0.0295. The van der Waals surface area contributed by atoms with E-state index < -0.39 is 18.3 Å². The van der Waals surface area contributed by atoms with Crippen molar-refractivity contribution in [2.75, 3.05) is 13.7 Å². The molecule has 0 radical (unpaired) electrons. The first-order valence-electron chi connectivity index (χ1n) is 10.3. The summed E-state index contributed by atoms with van der Waals surface area (Å²) in [6.07, 6.45) is 4.54. The number of aliphatic hydroxyl groups excluding tert-OH is 3. The van der Waals surface area contributed by atoms with Crippen LogP contribution in [0.25, 0.3) is 12.2 Å². The Morgan fingerprint density at radius 2 is 1.69 bits per heavy atom. The number of benzene rings is 2. The monoisotopic (exact) mass is 444 g/mol. The first kappa shape index (κ1) is 25.3.